The van der Waals surface area contributed by atoms with E-state index in [4.69, 9.17) is 10.5 Å². The van der Waals surface area contributed by atoms with Gasteiger partial charge in [0.15, 0.2) is 0 Å². The lowest BCUT2D eigenvalue weighted by Crippen LogP contribution is -2.30. The number of nitrogens with zero attached hydrogens (tertiary/aromatic N) is 1. The lowest BCUT2D eigenvalue weighted by atomic mass is 10.1. The molecule has 1 aromatic carbocycles. The summed E-state index contributed by atoms with van der Waals surface area (Å²) in [5, 5.41) is 0. The van der Waals surface area contributed by atoms with Gasteiger partial charge in [0.2, 0.25) is 0 Å². The number of ether oxygens (including phenoxy) is 1. The molecule has 0 aromatic heterocycles. The predicted octanol–water partition coefficient (Wildman–Crippen LogP) is 3.47. The van der Waals surface area contributed by atoms with Gasteiger partial charge in [-0.2, -0.15) is 0 Å². The number of piperidine rings is 1. The summed E-state index contributed by atoms with van der Waals surface area (Å²) in [5.74, 6) is 0.805. The molecule has 112 valence electrons. The van der Waals surface area contributed by atoms with Crippen LogP contribution in [0.3, 0.4) is 0 Å². The van der Waals surface area contributed by atoms with Crippen LogP contribution in [0.5, 0.6) is 5.75 Å². The third-order valence-corrected chi connectivity index (χ3v) is 3.83. The normalized spacial score (nSPS) is 16.6. The van der Waals surface area contributed by atoms with Crippen LogP contribution in [0.4, 0.5) is 5.69 Å². The molecule has 1 fully saturated rings. The van der Waals surface area contributed by atoms with E-state index in [9.17, 15) is 0 Å². The minimum absolute atomic E-state index is 0.169. The number of hydrogen-bond donors (Lipinski definition) is 1. The quantitative estimate of drug-likeness (QED) is 0.809. The topological polar surface area (TPSA) is 38.5 Å². The monoisotopic (exact) mass is 276 g/mol. The minimum Gasteiger partial charge on any atom is -0.489 e. The lowest BCUT2D eigenvalue weighted by molar-refractivity contribution is 0.226. The van der Waals surface area contributed by atoms with Crippen LogP contribution in [-0.4, -0.2) is 30.6 Å². The zero-order valence-corrected chi connectivity index (χ0v) is 12.9. The van der Waals surface area contributed by atoms with Crippen LogP contribution < -0.4 is 10.5 Å². The summed E-state index contributed by atoms with van der Waals surface area (Å²) in [6.45, 7) is 7.81. The Morgan fingerprint density at radius 3 is 2.60 bits per heavy atom. The molecule has 0 unspecified atom stereocenters. The van der Waals surface area contributed by atoms with Crippen molar-refractivity contribution in [3.63, 3.8) is 0 Å². The van der Waals surface area contributed by atoms with Crippen molar-refractivity contribution in [2.45, 2.75) is 52.1 Å². The molecular formula is C17H28N2O. The van der Waals surface area contributed by atoms with Gasteiger partial charge in [-0.05, 0) is 76.9 Å². The molecule has 1 heterocycles. The molecule has 3 heteroatoms. The second-order valence-electron chi connectivity index (χ2n) is 6.04. The third kappa shape index (κ3) is 4.71. The summed E-state index contributed by atoms with van der Waals surface area (Å²) in [7, 11) is 0. The highest BCUT2D eigenvalue weighted by Crippen LogP contribution is 2.24. The van der Waals surface area contributed by atoms with Crippen molar-refractivity contribution in [3.05, 3.63) is 23.8 Å². The zero-order valence-electron chi connectivity index (χ0n) is 12.9. The molecule has 0 spiro atoms. The average molecular weight is 276 g/mol. The number of benzene rings is 1. The van der Waals surface area contributed by atoms with Gasteiger partial charge in [-0.3, -0.25) is 0 Å². The van der Waals surface area contributed by atoms with Crippen LogP contribution in [0.25, 0.3) is 0 Å². The number of hydrogen-bond acceptors (Lipinski definition) is 3. The van der Waals surface area contributed by atoms with E-state index >= 15 is 0 Å². The van der Waals surface area contributed by atoms with E-state index in [2.05, 4.69) is 17.0 Å². The molecule has 0 saturated carbocycles. The van der Waals surface area contributed by atoms with Gasteiger partial charge in [-0.15, -0.1) is 0 Å². The Morgan fingerprint density at radius 1 is 1.20 bits per heavy atom. The maximum Gasteiger partial charge on any atom is 0.142 e. The van der Waals surface area contributed by atoms with Gasteiger partial charge in [0.25, 0.3) is 0 Å². The molecule has 0 aliphatic carbocycles. The molecule has 2 N–H and O–H groups in total. The van der Waals surface area contributed by atoms with Gasteiger partial charge < -0.3 is 15.4 Å². The van der Waals surface area contributed by atoms with E-state index < -0.39 is 0 Å². The van der Waals surface area contributed by atoms with Crippen molar-refractivity contribution in [1.29, 1.82) is 0 Å². The Bertz CT molecular complexity index is 411. The van der Waals surface area contributed by atoms with Crippen LogP contribution in [0.15, 0.2) is 18.2 Å². The van der Waals surface area contributed by atoms with E-state index in [1.807, 2.05) is 19.9 Å². The van der Waals surface area contributed by atoms with Crippen molar-refractivity contribution in [2.24, 2.45) is 0 Å². The largest absolute Gasteiger partial charge is 0.489 e. The first kappa shape index (κ1) is 15.2. The Hall–Kier alpha value is -1.22. The van der Waals surface area contributed by atoms with Crippen molar-refractivity contribution in [2.75, 3.05) is 25.4 Å². The molecule has 3 nitrogen and oxygen atoms in total. The second-order valence-corrected chi connectivity index (χ2v) is 6.04. The summed E-state index contributed by atoms with van der Waals surface area (Å²) >= 11 is 0. The van der Waals surface area contributed by atoms with E-state index in [1.165, 1.54) is 50.9 Å². The molecule has 0 radical (unpaired) electrons. The maximum absolute atomic E-state index is 6.05. The fraction of sp³-hybridized carbons (Fsp3) is 0.647. The van der Waals surface area contributed by atoms with Crippen molar-refractivity contribution < 1.29 is 4.74 Å². The number of aryl methyl sites for hydroxylation is 1. The predicted molar refractivity (Wildman–Crippen MR) is 85.2 cm³/mol. The molecule has 0 amide bonds. The van der Waals surface area contributed by atoms with E-state index in [0.717, 1.165) is 17.9 Å². The summed E-state index contributed by atoms with van der Waals surface area (Å²) in [4.78, 5) is 2.59. The Kier molecular flexibility index (Phi) is 5.72. The van der Waals surface area contributed by atoms with Crippen LogP contribution >= 0.6 is 0 Å². The van der Waals surface area contributed by atoms with Crippen LogP contribution in [0.1, 0.15) is 45.1 Å². The molecule has 0 atom stereocenters. The smallest absolute Gasteiger partial charge is 0.142 e. The Labute approximate surface area is 123 Å². The molecule has 1 aliphatic rings. The van der Waals surface area contributed by atoms with Gasteiger partial charge in [-0.1, -0.05) is 12.5 Å². The summed E-state index contributed by atoms with van der Waals surface area (Å²) in [5.41, 5.74) is 8.12. The van der Waals surface area contributed by atoms with Crippen molar-refractivity contribution in [1.82, 2.24) is 4.90 Å². The number of rotatable bonds is 6. The van der Waals surface area contributed by atoms with Crippen LogP contribution in [-0.2, 0) is 6.42 Å². The molecule has 0 bridgehead atoms. The Morgan fingerprint density at radius 2 is 1.95 bits per heavy atom. The van der Waals surface area contributed by atoms with E-state index in [-0.39, 0.29) is 6.10 Å². The Balaban J connectivity index is 1.79. The molecule has 1 saturated heterocycles. The van der Waals surface area contributed by atoms with Crippen LogP contribution in [0, 0.1) is 0 Å². The minimum atomic E-state index is 0.169. The van der Waals surface area contributed by atoms with Crippen LogP contribution in [0.2, 0.25) is 0 Å². The summed E-state index contributed by atoms with van der Waals surface area (Å²) < 4.78 is 5.67. The van der Waals surface area contributed by atoms with Gasteiger partial charge in [-0.25, -0.2) is 0 Å². The average Bonchev–Trinajstić information content (AvgIpc) is 2.43. The van der Waals surface area contributed by atoms with Crippen molar-refractivity contribution in [3.8, 4) is 5.75 Å². The molecule has 1 aromatic rings. The standard InChI is InChI=1S/C17H28N2O/c1-14(2)20-17-9-8-15(13-16(17)18)7-6-12-19-10-4-3-5-11-19/h8-9,13-14H,3-7,10-12,18H2,1-2H3. The molecular weight excluding hydrogens is 248 g/mol. The van der Waals surface area contributed by atoms with Gasteiger partial charge in [0.05, 0.1) is 11.8 Å². The first-order valence-corrected chi connectivity index (χ1v) is 7.92. The number of anilines is 1. The van der Waals surface area contributed by atoms with E-state index in [1.54, 1.807) is 0 Å². The number of nitrogens with two attached hydrogens (primary N) is 1. The molecule has 20 heavy (non-hydrogen) atoms. The highest BCUT2D eigenvalue weighted by atomic mass is 16.5. The first-order chi connectivity index (χ1) is 9.65. The SMILES string of the molecule is CC(C)Oc1ccc(CCCN2CCCCC2)cc1N. The second kappa shape index (κ2) is 7.53. The van der Waals surface area contributed by atoms with Gasteiger partial charge in [0, 0.05) is 0 Å². The third-order valence-electron chi connectivity index (χ3n) is 3.83. The van der Waals surface area contributed by atoms with Gasteiger partial charge >= 0.3 is 0 Å². The summed E-state index contributed by atoms with van der Waals surface area (Å²) in [6.07, 6.45) is 6.63. The number of nitrogen functional groups attached to an aromatic ring is 1. The lowest BCUT2D eigenvalue weighted by Gasteiger charge is -2.26. The van der Waals surface area contributed by atoms with Gasteiger partial charge in [0.1, 0.15) is 5.75 Å². The van der Waals surface area contributed by atoms with Crippen molar-refractivity contribution >= 4 is 5.69 Å². The molecule has 1 aliphatic heterocycles. The first-order valence-electron chi connectivity index (χ1n) is 7.92. The zero-order chi connectivity index (χ0) is 14.4. The fourth-order valence-corrected chi connectivity index (χ4v) is 2.80. The van der Waals surface area contributed by atoms with E-state index in [0.29, 0.717) is 0 Å². The highest BCUT2D eigenvalue weighted by molar-refractivity contribution is 5.54. The fourth-order valence-electron chi connectivity index (χ4n) is 2.80. The highest BCUT2D eigenvalue weighted by Gasteiger charge is 2.09. The number of likely N-dealkylation sites (tertiary alicyclic amines) is 1. The molecule has 2 rings (SSSR count). The summed E-state index contributed by atoms with van der Waals surface area (Å²) in [6, 6.07) is 6.21. The maximum atomic E-state index is 6.05.